The molecule has 0 spiro atoms. The van der Waals surface area contributed by atoms with Crippen LogP contribution in [0.15, 0.2) is 0 Å². The topological polar surface area (TPSA) is 62.2 Å². The van der Waals surface area contributed by atoms with Crippen LogP contribution in [0.4, 0.5) is 0 Å². The van der Waals surface area contributed by atoms with Gasteiger partial charge in [-0.05, 0) is 25.8 Å². The molecule has 1 aliphatic heterocycles. The number of aromatic carboxylic acids is 1. The SMILES string of the molecule is O=C(O)c1sc(C2CC2)nc1C1CCNC1. The van der Waals surface area contributed by atoms with E-state index in [9.17, 15) is 9.90 Å². The molecule has 0 bridgehead atoms. The fourth-order valence-corrected chi connectivity index (χ4v) is 3.33. The number of carboxylic acids is 1. The average Bonchev–Trinajstić information content (AvgIpc) is 2.83. The smallest absolute Gasteiger partial charge is 0.347 e. The molecule has 86 valence electrons. The normalized spacial score (nSPS) is 24.9. The first-order chi connectivity index (χ1) is 7.75. The summed E-state index contributed by atoms with van der Waals surface area (Å²) in [7, 11) is 0. The van der Waals surface area contributed by atoms with Crippen molar-refractivity contribution in [3.63, 3.8) is 0 Å². The van der Waals surface area contributed by atoms with Gasteiger partial charge in [0.25, 0.3) is 0 Å². The summed E-state index contributed by atoms with van der Waals surface area (Å²) in [6, 6.07) is 0. The third-order valence-corrected chi connectivity index (χ3v) is 4.46. The maximum Gasteiger partial charge on any atom is 0.347 e. The Morgan fingerprint density at radius 2 is 2.19 bits per heavy atom. The van der Waals surface area contributed by atoms with E-state index in [-0.39, 0.29) is 0 Å². The van der Waals surface area contributed by atoms with Crippen molar-refractivity contribution in [3.8, 4) is 0 Å². The largest absolute Gasteiger partial charge is 0.477 e. The zero-order valence-corrected chi connectivity index (χ0v) is 9.72. The zero-order valence-electron chi connectivity index (χ0n) is 8.90. The molecule has 1 saturated heterocycles. The van der Waals surface area contributed by atoms with Crippen LogP contribution < -0.4 is 5.32 Å². The summed E-state index contributed by atoms with van der Waals surface area (Å²) in [4.78, 5) is 16.2. The molecule has 0 aromatic carbocycles. The predicted octanol–water partition coefficient (Wildman–Crippen LogP) is 1.80. The van der Waals surface area contributed by atoms with Crippen LogP contribution in [-0.4, -0.2) is 29.1 Å². The van der Waals surface area contributed by atoms with Crippen molar-refractivity contribution in [2.75, 3.05) is 13.1 Å². The van der Waals surface area contributed by atoms with E-state index in [2.05, 4.69) is 10.3 Å². The second-order valence-electron chi connectivity index (χ2n) is 4.54. The lowest BCUT2D eigenvalue weighted by molar-refractivity contribution is 0.0700. The molecule has 0 radical (unpaired) electrons. The van der Waals surface area contributed by atoms with E-state index in [0.717, 1.165) is 30.2 Å². The van der Waals surface area contributed by atoms with Gasteiger partial charge in [0.1, 0.15) is 4.88 Å². The van der Waals surface area contributed by atoms with Gasteiger partial charge in [0.05, 0.1) is 10.7 Å². The Kier molecular flexibility index (Phi) is 2.44. The van der Waals surface area contributed by atoms with Crippen molar-refractivity contribution in [1.29, 1.82) is 0 Å². The molecule has 1 aromatic heterocycles. The summed E-state index contributed by atoms with van der Waals surface area (Å²) in [5, 5.41) is 13.5. The van der Waals surface area contributed by atoms with E-state index in [1.54, 1.807) is 0 Å². The van der Waals surface area contributed by atoms with E-state index in [4.69, 9.17) is 0 Å². The van der Waals surface area contributed by atoms with Crippen molar-refractivity contribution < 1.29 is 9.90 Å². The van der Waals surface area contributed by atoms with Crippen molar-refractivity contribution >= 4 is 17.3 Å². The lowest BCUT2D eigenvalue weighted by Crippen LogP contribution is -2.10. The van der Waals surface area contributed by atoms with Gasteiger partial charge < -0.3 is 10.4 Å². The standard InChI is InChI=1S/C11H14N2O2S/c14-11(15)9-8(7-3-4-12-5-7)13-10(16-9)6-1-2-6/h6-7,12H,1-5H2,(H,14,15). The maximum absolute atomic E-state index is 11.2. The lowest BCUT2D eigenvalue weighted by Gasteiger charge is -2.05. The van der Waals surface area contributed by atoms with Gasteiger partial charge in [0.2, 0.25) is 0 Å². The van der Waals surface area contributed by atoms with E-state index in [0.29, 0.717) is 16.7 Å². The molecule has 4 nitrogen and oxygen atoms in total. The minimum Gasteiger partial charge on any atom is -0.477 e. The van der Waals surface area contributed by atoms with E-state index < -0.39 is 5.97 Å². The first-order valence-electron chi connectivity index (χ1n) is 5.70. The molecular weight excluding hydrogens is 224 g/mol. The third kappa shape index (κ3) is 1.74. The second-order valence-corrected chi connectivity index (χ2v) is 5.57. The molecule has 0 amide bonds. The molecule has 1 aromatic rings. The van der Waals surface area contributed by atoms with Crippen LogP contribution in [0.3, 0.4) is 0 Å². The first kappa shape index (κ1) is 10.2. The minimum absolute atomic E-state index is 0.301. The Hall–Kier alpha value is -0.940. The highest BCUT2D eigenvalue weighted by Crippen LogP contribution is 2.44. The number of thiazole rings is 1. The highest BCUT2D eigenvalue weighted by Gasteiger charge is 2.32. The number of nitrogens with one attached hydrogen (secondary N) is 1. The summed E-state index contributed by atoms with van der Waals surface area (Å²) >= 11 is 1.39. The number of nitrogens with zero attached hydrogens (tertiary/aromatic N) is 1. The van der Waals surface area contributed by atoms with Gasteiger partial charge in [0.15, 0.2) is 0 Å². The molecule has 2 fully saturated rings. The van der Waals surface area contributed by atoms with Crippen LogP contribution in [0.5, 0.6) is 0 Å². The van der Waals surface area contributed by atoms with Crippen LogP contribution in [0, 0.1) is 0 Å². The van der Waals surface area contributed by atoms with Crippen LogP contribution in [-0.2, 0) is 0 Å². The Morgan fingerprint density at radius 3 is 2.75 bits per heavy atom. The van der Waals surface area contributed by atoms with Gasteiger partial charge >= 0.3 is 5.97 Å². The maximum atomic E-state index is 11.2. The van der Waals surface area contributed by atoms with Gasteiger partial charge in [-0.2, -0.15) is 0 Å². The van der Waals surface area contributed by atoms with Crippen LogP contribution >= 0.6 is 11.3 Å². The van der Waals surface area contributed by atoms with Crippen molar-refractivity contribution in [1.82, 2.24) is 10.3 Å². The molecule has 2 aliphatic rings. The molecule has 3 rings (SSSR count). The molecule has 16 heavy (non-hydrogen) atoms. The fourth-order valence-electron chi connectivity index (χ4n) is 2.17. The molecule has 1 unspecified atom stereocenters. The van der Waals surface area contributed by atoms with Gasteiger partial charge in [0, 0.05) is 18.4 Å². The van der Waals surface area contributed by atoms with E-state index >= 15 is 0 Å². The summed E-state index contributed by atoms with van der Waals surface area (Å²) in [6.45, 7) is 1.84. The van der Waals surface area contributed by atoms with Crippen molar-refractivity contribution in [3.05, 3.63) is 15.6 Å². The molecule has 5 heteroatoms. The van der Waals surface area contributed by atoms with E-state index in [1.807, 2.05) is 0 Å². The van der Waals surface area contributed by atoms with Crippen LogP contribution in [0.2, 0.25) is 0 Å². The number of carbonyl (C=O) groups is 1. The lowest BCUT2D eigenvalue weighted by atomic mass is 10.0. The Balaban J connectivity index is 1.96. The quantitative estimate of drug-likeness (QED) is 0.843. The van der Waals surface area contributed by atoms with Gasteiger partial charge in [-0.25, -0.2) is 9.78 Å². The van der Waals surface area contributed by atoms with Gasteiger partial charge in [-0.15, -0.1) is 11.3 Å². The Bertz CT molecular complexity index is 420. The molecule has 2 heterocycles. The monoisotopic (exact) mass is 238 g/mol. The van der Waals surface area contributed by atoms with Crippen LogP contribution in [0.25, 0.3) is 0 Å². The Morgan fingerprint density at radius 1 is 1.38 bits per heavy atom. The molecular formula is C11H14N2O2S. The number of hydrogen-bond donors (Lipinski definition) is 2. The molecule has 1 aliphatic carbocycles. The average molecular weight is 238 g/mol. The molecule has 2 N–H and O–H groups in total. The number of rotatable bonds is 3. The Labute approximate surface area is 97.7 Å². The minimum atomic E-state index is -0.814. The molecule has 1 saturated carbocycles. The third-order valence-electron chi connectivity index (χ3n) is 3.24. The summed E-state index contributed by atoms with van der Waals surface area (Å²) in [5.74, 6) is 0.0346. The highest BCUT2D eigenvalue weighted by molar-refractivity contribution is 7.13. The fraction of sp³-hybridized carbons (Fsp3) is 0.636. The van der Waals surface area contributed by atoms with Gasteiger partial charge in [-0.3, -0.25) is 0 Å². The number of carboxylic acid groups (broad SMARTS) is 1. The van der Waals surface area contributed by atoms with Crippen molar-refractivity contribution in [2.24, 2.45) is 0 Å². The predicted molar refractivity (Wildman–Crippen MR) is 61.3 cm³/mol. The van der Waals surface area contributed by atoms with Crippen LogP contribution in [0.1, 0.15) is 51.5 Å². The number of aromatic nitrogens is 1. The van der Waals surface area contributed by atoms with Crippen molar-refractivity contribution in [2.45, 2.75) is 31.1 Å². The first-order valence-corrected chi connectivity index (χ1v) is 6.52. The molecule has 1 atom stereocenters. The van der Waals surface area contributed by atoms with E-state index in [1.165, 1.54) is 24.2 Å². The highest BCUT2D eigenvalue weighted by atomic mass is 32.1. The summed E-state index contributed by atoms with van der Waals surface area (Å²) in [5.41, 5.74) is 0.824. The summed E-state index contributed by atoms with van der Waals surface area (Å²) in [6.07, 6.45) is 3.36. The van der Waals surface area contributed by atoms with Gasteiger partial charge in [-0.1, -0.05) is 0 Å². The summed E-state index contributed by atoms with van der Waals surface area (Å²) < 4.78 is 0. The number of hydrogen-bond acceptors (Lipinski definition) is 4. The zero-order chi connectivity index (χ0) is 11.1. The second kappa shape index (κ2) is 3.82.